The number of hydrogen-bond acceptors (Lipinski definition) is 3. The van der Waals surface area contributed by atoms with Crippen LogP contribution in [0.1, 0.15) is 29.3 Å². The SMILES string of the molecule is CC(Br)C(=O)OC1CCc2ccccc2C1=O. The molecule has 0 bridgehead atoms. The van der Waals surface area contributed by atoms with Crippen LogP contribution in [0.5, 0.6) is 0 Å². The molecule has 1 aromatic rings. The summed E-state index contributed by atoms with van der Waals surface area (Å²) >= 11 is 3.13. The first-order valence-corrected chi connectivity index (χ1v) is 6.48. The van der Waals surface area contributed by atoms with E-state index in [0.29, 0.717) is 12.0 Å². The summed E-state index contributed by atoms with van der Waals surface area (Å²) in [5, 5.41) is 0. The first-order valence-electron chi connectivity index (χ1n) is 5.56. The summed E-state index contributed by atoms with van der Waals surface area (Å²) in [5.74, 6) is -0.476. The molecule has 0 fully saturated rings. The molecule has 0 aliphatic heterocycles. The molecule has 2 rings (SSSR count). The van der Waals surface area contributed by atoms with Gasteiger partial charge < -0.3 is 4.74 Å². The van der Waals surface area contributed by atoms with Crippen molar-refractivity contribution in [2.75, 3.05) is 0 Å². The van der Waals surface area contributed by atoms with Crippen LogP contribution in [0, 0.1) is 0 Å². The molecule has 1 aliphatic rings. The van der Waals surface area contributed by atoms with Crippen LogP contribution < -0.4 is 0 Å². The Kier molecular flexibility index (Phi) is 3.62. The first-order chi connectivity index (χ1) is 8.09. The van der Waals surface area contributed by atoms with Crippen molar-refractivity contribution in [3.8, 4) is 0 Å². The summed E-state index contributed by atoms with van der Waals surface area (Å²) in [7, 11) is 0. The van der Waals surface area contributed by atoms with Crippen molar-refractivity contribution in [3.63, 3.8) is 0 Å². The third-order valence-corrected chi connectivity index (χ3v) is 3.21. The fourth-order valence-corrected chi connectivity index (χ4v) is 2.02. The number of aryl methyl sites for hydroxylation is 1. The molecule has 1 aliphatic carbocycles. The van der Waals surface area contributed by atoms with Crippen molar-refractivity contribution in [3.05, 3.63) is 35.4 Å². The summed E-state index contributed by atoms with van der Waals surface area (Å²) < 4.78 is 5.19. The third kappa shape index (κ3) is 2.57. The van der Waals surface area contributed by atoms with E-state index < -0.39 is 6.10 Å². The molecule has 1 aromatic carbocycles. The molecule has 90 valence electrons. The lowest BCUT2D eigenvalue weighted by molar-refractivity contribution is -0.146. The van der Waals surface area contributed by atoms with Crippen LogP contribution in [0.15, 0.2) is 24.3 Å². The highest BCUT2D eigenvalue weighted by atomic mass is 79.9. The number of benzene rings is 1. The van der Waals surface area contributed by atoms with E-state index in [4.69, 9.17) is 4.74 Å². The quantitative estimate of drug-likeness (QED) is 0.622. The Morgan fingerprint density at radius 3 is 2.88 bits per heavy atom. The van der Waals surface area contributed by atoms with Crippen LogP contribution in [0.3, 0.4) is 0 Å². The molecule has 0 amide bonds. The number of carbonyl (C=O) groups is 2. The van der Waals surface area contributed by atoms with Crippen molar-refractivity contribution >= 4 is 27.7 Å². The van der Waals surface area contributed by atoms with Crippen LogP contribution in [-0.2, 0) is 16.0 Å². The monoisotopic (exact) mass is 296 g/mol. The fraction of sp³-hybridized carbons (Fsp3) is 0.385. The lowest BCUT2D eigenvalue weighted by atomic mass is 9.89. The molecule has 0 N–H and O–H groups in total. The smallest absolute Gasteiger partial charge is 0.320 e. The molecule has 0 aromatic heterocycles. The minimum absolute atomic E-state index is 0.0895. The second kappa shape index (κ2) is 5.00. The average Bonchev–Trinajstić information content (AvgIpc) is 2.33. The third-order valence-electron chi connectivity index (χ3n) is 2.83. The van der Waals surface area contributed by atoms with Crippen molar-refractivity contribution < 1.29 is 14.3 Å². The standard InChI is InChI=1S/C13H13BrO3/c1-8(14)13(16)17-11-7-6-9-4-2-3-5-10(9)12(11)15/h2-5,8,11H,6-7H2,1H3. The van der Waals surface area contributed by atoms with Gasteiger partial charge in [-0.2, -0.15) is 0 Å². The maximum absolute atomic E-state index is 12.1. The number of esters is 1. The second-order valence-corrected chi connectivity index (χ2v) is 5.48. The fourth-order valence-electron chi connectivity index (χ4n) is 1.92. The Hall–Kier alpha value is -1.16. The second-order valence-electron chi connectivity index (χ2n) is 4.10. The van der Waals surface area contributed by atoms with Gasteiger partial charge in [0.1, 0.15) is 4.83 Å². The van der Waals surface area contributed by atoms with E-state index >= 15 is 0 Å². The lowest BCUT2D eigenvalue weighted by Crippen LogP contribution is -2.34. The molecule has 0 heterocycles. The van der Waals surface area contributed by atoms with Crippen LogP contribution >= 0.6 is 15.9 Å². The van der Waals surface area contributed by atoms with Crippen molar-refractivity contribution in [2.24, 2.45) is 0 Å². The van der Waals surface area contributed by atoms with E-state index in [1.54, 1.807) is 13.0 Å². The van der Waals surface area contributed by atoms with E-state index in [1.165, 1.54) is 0 Å². The highest BCUT2D eigenvalue weighted by Gasteiger charge is 2.30. The summed E-state index contributed by atoms with van der Waals surface area (Å²) in [6.07, 6.45) is 0.718. The molecule has 17 heavy (non-hydrogen) atoms. The Morgan fingerprint density at radius 2 is 2.18 bits per heavy atom. The average molecular weight is 297 g/mol. The zero-order valence-electron chi connectivity index (χ0n) is 9.48. The molecule has 3 nitrogen and oxygen atoms in total. The molecule has 0 radical (unpaired) electrons. The van der Waals surface area contributed by atoms with E-state index in [2.05, 4.69) is 15.9 Å². The minimum Gasteiger partial charge on any atom is -0.453 e. The summed E-state index contributed by atoms with van der Waals surface area (Å²) in [6.45, 7) is 1.68. The van der Waals surface area contributed by atoms with Crippen molar-refractivity contribution in [1.82, 2.24) is 0 Å². The van der Waals surface area contributed by atoms with Crippen molar-refractivity contribution in [1.29, 1.82) is 0 Å². The van der Waals surface area contributed by atoms with Gasteiger partial charge in [-0.3, -0.25) is 9.59 Å². The van der Waals surface area contributed by atoms with Crippen LogP contribution in [0.25, 0.3) is 0 Å². The molecule has 2 atom stereocenters. The van der Waals surface area contributed by atoms with Crippen LogP contribution in [0.2, 0.25) is 0 Å². The van der Waals surface area contributed by atoms with Gasteiger partial charge in [-0.15, -0.1) is 0 Å². The number of ether oxygens (including phenoxy) is 1. The van der Waals surface area contributed by atoms with E-state index in [-0.39, 0.29) is 16.6 Å². The Morgan fingerprint density at radius 1 is 1.47 bits per heavy atom. The van der Waals surface area contributed by atoms with Crippen LogP contribution in [0.4, 0.5) is 0 Å². The zero-order valence-corrected chi connectivity index (χ0v) is 11.1. The molecule has 0 spiro atoms. The molecule has 2 unspecified atom stereocenters. The molecule has 0 saturated heterocycles. The largest absolute Gasteiger partial charge is 0.453 e. The summed E-state index contributed by atoms with van der Waals surface area (Å²) in [6, 6.07) is 7.47. The van der Waals surface area contributed by atoms with Gasteiger partial charge in [0, 0.05) is 5.56 Å². The summed E-state index contributed by atoms with van der Waals surface area (Å²) in [5.41, 5.74) is 1.72. The number of rotatable bonds is 2. The number of ketones is 1. The molecule has 4 heteroatoms. The van der Waals surface area contributed by atoms with Gasteiger partial charge in [0.25, 0.3) is 0 Å². The van der Waals surface area contributed by atoms with E-state index in [0.717, 1.165) is 12.0 Å². The van der Waals surface area contributed by atoms with Crippen LogP contribution in [-0.4, -0.2) is 22.7 Å². The zero-order chi connectivity index (χ0) is 12.4. The normalized spacial score (nSPS) is 20.6. The van der Waals surface area contributed by atoms with Gasteiger partial charge >= 0.3 is 5.97 Å². The predicted octanol–water partition coefficient (Wildman–Crippen LogP) is 2.51. The van der Waals surface area contributed by atoms with E-state index in [9.17, 15) is 9.59 Å². The van der Waals surface area contributed by atoms with Gasteiger partial charge in [0.2, 0.25) is 5.78 Å². The number of hydrogen-bond donors (Lipinski definition) is 0. The summed E-state index contributed by atoms with van der Waals surface area (Å²) in [4.78, 5) is 23.1. The predicted molar refractivity (Wildman–Crippen MR) is 67.4 cm³/mol. The Labute approximate surface area is 108 Å². The highest BCUT2D eigenvalue weighted by Crippen LogP contribution is 2.23. The Bertz CT molecular complexity index is 454. The number of Topliss-reactive ketones (excluding diaryl/α,β-unsaturated/α-hetero) is 1. The topological polar surface area (TPSA) is 43.4 Å². The number of fused-ring (bicyclic) bond motifs is 1. The molecular weight excluding hydrogens is 284 g/mol. The van der Waals surface area contributed by atoms with Gasteiger partial charge in [-0.05, 0) is 25.3 Å². The molecule has 0 saturated carbocycles. The lowest BCUT2D eigenvalue weighted by Gasteiger charge is -2.23. The van der Waals surface area contributed by atoms with Gasteiger partial charge in [0.05, 0.1) is 0 Å². The molecular formula is C13H13BrO3. The maximum Gasteiger partial charge on any atom is 0.320 e. The highest BCUT2D eigenvalue weighted by molar-refractivity contribution is 9.10. The van der Waals surface area contributed by atoms with Gasteiger partial charge in [-0.25, -0.2) is 0 Å². The Balaban J connectivity index is 2.15. The van der Waals surface area contributed by atoms with E-state index in [1.807, 2.05) is 18.2 Å². The number of halogens is 1. The minimum atomic E-state index is -0.627. The maximum atomic E-state index is 12.1. The van der Waals surface area contributed by atoms with Gasteiger partial charge in [0.15, 0.2) is 6.10 Å². The first kappa shape index (κ1) is 12.3. The van der Waals surface area contributed by atoms with Gasteiger partial charge in [-0.1, -0.05) is 40.2 Å². The van der Waals surface area contributed by atoms with Crippen molar-refractivity contribution in [2.45, 2.75) is 30.7 Å². The number of carbonyl (C=O) groups excluding carboxylic acids is 2. The number of alkyl halides is 1.